The molecule has 24 heavy (non-hydrogen) atoms. The standard InChI is InChI=1S/C20H41NO3/c1-2-3-4-5-6-7-8-9-10-11-12-13-14-15-16-17-18-19(22)20(21,23)24/h9-10,19,22-24H,2-8,11-18,21H2,1H3/b10-9-. The summed E-state index contributed by atoms with van der Waals surface area (Å²) >= 11 is 0. The number of unbranched alkanes of at least 4 members (excludes halogenated alkanes) is 12. The fourth-order valence-corrected chi connectivity index (χ4v) is 2.80. The molecule has 0 spiro atoms. The molecule has 0 heterocycles. The molecule has 0 aliphatic heterocycles. The van der Waals surface area contributed by atoms with Crippen LogP contribution in [0, 0.1) is 0 Å². The molecule has 1 atom stereocenters. The second kappa shape index (κ2) is 16.1. The Hall–Kier alpha value is -0.420. The first-order chi connectivity index (χ1) is 11.5. The third-order valence-corrected chi connectivity index (χ3v) is 4.48. The van der Waals surface area contributed by atoms with Crippen LogP contribution in [0.1, 0.15) is 103 Å². The van der Waals surface area contributed by atoms with Crippen molar-refractivity contribution in [3.63, 3.8) is 0 Å². The van der Waals surface area contributed by atoms with Crippen LogP contribution in [0.3, 0.4) is 0 Å². The fraction of sp³-hybridized carbons (Fsp3) is 0.900. The van der Waals surface area contributed by atoms with Gasteiger partial charge in [-0.2, -0.15) is 0 Å². The number of aliphatic hydroxyl groups is 3. The molecular formula is C20H41NO3. The average Bonchev–Trinajstić information content (AvgIpc) is 2.53. The Morgan fingerprint density at radius 1 is 0.750 bits per heavy atom. The zero-order valence-electron chi connectivity index (χ0n) is 15.8. The van der Waals surface area contributed by atoms with Crippen molar-refractivity contribution in [1.82, 2.24) is 0 Å². The second-order valence-corrected chi connectivity index (χ2v) is 7.03. The topological polar surface area (TPSA) is 86.7 Å². The molecule has 0 aliphatic carbocycles. The summed E-state index contributed by atoms with van der Waals surface area (Å²) in [6, 6.07) is 0. The average molecular weight is 344 g/mol. The van der Waals surface area contributed by atoms with Crippen molar-refractivity contribution in [2.75, 3.05) is 0 Å². The molecule has 4 heteroatoms. The molecule has 4 nitrogen and oxygen atoms in total. The molecule has 0 aromatic heterocycles. The molecule has 0 fully saturated rings. The molecule has 0 rings (SSSR count). The maximum atomic E-state index is 9.37. The number of aliphatic hydroxyl groups excluding tert-OH is 1. The van der Waals surface area contributed by atoms with E-state index in [4.69, 9.17) is 15.9 Å². The van der Waals surface area contributed by atoms with Crippen molar-refractivity contribution in [3.8, 4) is 0 Å². The monoisotopic (exact) mass is 343 g/mol. The van der Waals surface area contributed by atoms with Crippen LogP contribution in [-0.4, -0.2) is 27.3 Å². The minimum Gasteiger partial charge on any atom is -0.386 e. The van der Waals surface area contributed by atoms with Crippen molar-refractivity contribution in [1.29, 1.82) is 0 Å². The maximum absolute atomic E-state index is 9.37. The summed E-state index contributed by atoms with van der Waals surface area (Å²) in [6.45, 7) is 2.26. The van der Waals surface area contributed by atoms with Gasteiger partial charge in [0.25, 0.3) is 0 Å². The zero-order valence-corrected chi connectivity index (χ0v) is 15.8. The summed E-state index contributed by atoms with van der Waals surface area (Å²) in [6.07, 6.45) is 20.9. The van der Waals surface area contributed by atoms with E-state index < -0.39 is 12.0 Å². The Labute approximate surface area is 149 Å². The van der Waals surface area contributed by atoms with Crippen LogP contribution in [0.5, 0.6) is 0 Å². The fourth-order valence-electron chi connectivity index (χ4n) is 2.80. The van der Waals surface area contributed by atoms with Crippen LogP contribution >= 0.6 is 0 Å². The van der Waals surface area contributed by atoms with Gasteiger partial charge in [0.15, 0.2) is 0 Å². The lowest BCUT2D eigenvalue weighted by atomic mass is 10.0. The minimum absolute atomic E-state index is 0.338. The molecule has 0 aromatic carbocycles. The molecule has 0 saturated carbocycles. The molecule has 0 aliphatic rings. The largest absolute Gasteiger partial charge is 0.386 e. The van der Waals surface area contributed by atoms with Crippen molar-refractivity contribution >= 4 is 0 Å². The van der Waals surface area contributed by atoms with E-state index in [9.17, 15) is 5.11 Å². The van der Waals surface area contributed by atoms with Gasteiger partial charge >= 0.3 is 0 Å². The molecule has 1 unspecified atom stereocenters. The van der Waals surface area contributed by atoms with E-state index >= 15 is 0 Å². The van der Waals surface area contributed by atoms with Crippen molar-refractivity contribution < 1.29 is 15.3 Å². The van der Waals surface area contributed by atoms with Gasteiger partial charge in [-0.3, -0.25) is 5.73 Å². The highest BCUT2D eigenvalue weighted by Crippen LogP contribution is 2.13. The first kappa shape index (κ1) is 23.6. The van der Waals surface area contributed by atoms with Crippen LogP contribution in [0.25, 0.3) is 0 Å². The van der Waals surface area contributed by atoms with E-state index in [-0.39, 0.29) is 0 Å². The smallest absolute Gasteiger partial charge is 0.247 e. The summed E-state index contributed by atoms with van der Waals surface area (Å²) in [5, 5.41) is 27.3. The molecule has 0 amide bonds. The Kier molecular flexibility index (Phi) is 15.8. The van der Waals surface area contributed by atoms with Gasteiger partial charge in [0, 0.05) is 0 Å². The number of hydrogen-bond donors (Lipinski definition) is 4. The van der Waals surface area contributed by atoms with Crippen molar-refractivity contribution in [2.45, 2.75) is 115 Å². The third-order valence-electron chi connectivity index (χ3n) is 4.48. The Balaban J connectivity index is 3.21. The third kappa shape index (κ3) is 16.4. The maximum Gasteiger partial charge on any atom is 0.247 e. The number of nitrogens with two attached hydrogens (primary N) is 1. The van der Waals surface area contributed by atoms with E-state index in [1.54, 1.807) is 0 Å². The van der Waals surface area contributed by atoms with Crippen LogP contribution in [0.4, 0.5) is 0 Å². The van der Waals surface area contributed by atoms with Crippen LogP contribution < -0.4 is 5.73 Å². The Morgan fingerprint density at radius 2 is 1.17 bits per heavy atom. The van der Waals surface area contributed by atoms with Gasteiger partial charge < -0.3 is 15.3 Å². The van der Waals surface area contributed by atoms with Gasteiger partial charge in [-0.1, -0.05) is 83.3 Å². The first-order valence-electron chi connectivity index (χ1n) is 10.0. The minimum atomic E-state index is -2.46. The molecule has 5 N–H and O–H groups in total. The summed E-state index contributed by atoms with van der Waals surface area (Å²) in [5.74, 6) is -2.46. The van der Waals surface area contributed by atoms with Gasteiger partial charge in [-0.05, 0) is 32.1 Å². The van der Waals surface area contributed by atoms with Gasteiger partial charge in [-0.25, -0.2) is 0 Å². The van der Waals surface area contributed by atoms with Crippen LogP contribution in [0.15, 0.2) is 12.2 Å². The number of rotatable bonds is 17. The Morgan fingerprint density at radius 3 is 1.62 bits per heavy atom. The lowest BCUT2D eigenvalue weighted by Crippen LogP contribution is -2.50. The van der Waals surface area contributed by atoms with Gasteiger partial charge in [0.1, 0.15) is 6.10 Å². The Bertz CT molecular complexity index is 287. The van der Waals surface area contributed by atoms with E-state index in [0.717, 1.165) is 19.3 Å². The molecule has 0 aromatic rings. The molecule has 0 bridgehead atoms. The normalized spacial score (nSPS) is 13.7. The summed E-state index contributed by atoms with van der Waals surface area (Å²) in [7, 11) is 0. The zero-order chi connectivity index (χ0) is 18.1. The molecular weight excluding hydrogens is 302 g/mol. The highest BCUT2D eigenvalue weighted by molar-refractivity contribution is 4.81. The van der Waals surface area contributed by atoms with Crippen LogP contribution in [0.2, 0.25) is 0 Å². The van der Waals surface area contributed by atoms with Crippen molar-refractivity contribution in [3.05, 3.63) is 12.2 Å². The van der Waals surface area contributed by atoms with Crippen LogP contribution in [-0.2, 0) is 0 Å². The second-order valence-electron chi connectivity index (χ2n) is 7.03. The summed E-state index contributed by atoms with van der Waals surface area (Å²) in [4.78, 5) is 0. The lowest BCUT2D eigenvalue weighted by molar-refractivity contribution is -0.222. The SMILES string of the molecule is CCCCCCCC/C=C\CCCCCCCCC(O)C(N)(O)O. The highest BCUT2D eigenvalue weighted by Gasteiger charge is 2.26. The van der Waals surface area contributed by atoms with E-state index in [0.29, 0.717) is 6.42 Å². The van der Waals surface area contributed by atoms with E-state index in [1.807, 2.05) is 0 Å². The highest BCUT2D eigenvalue weighted by atomic mass is 16.5. The number of allylic oxidation sites excluding steroid dienone is 2. The van der Waals surface area contributed by atoms with Gasteiger partial charge in [-0.15, -0.1) is 0 Å². The molecule has 0 radical (unpaired) electrons. The summed E-state index contributed by atoms with van der Waals surface area (Å²) in [5.41, 5.74) is 5.00. The van der Waals surface area contributed by atoms with E-state index in [1.165, 1.54) is 70.6 Å². The first-order valence-corrected chi connectivity index (χ1v) is 10.0. The quantitative estimate of drug-likeness (QED) is 0.179. The molecule has 144 valence electrons. The van der Waals surface area contributed by atoms with Gasteiger partial charge in [0.05, 0.1) is 0 Å². The predicted molar refractivity (Wildman–Crippen MR) is 101 cm³/mol. The predicted octanol–water partition coefficient (Wildman–Crippen LogP) is 4.37. The lowest BCUT2D eigenvalue weighted by Gasteiger charge is -2.22. The number of hydrogen-bond acceptors (Lipinski definition) is 4. The van der Waals surface area contributed by atoms with Crippen molar-refractivity contribution in [2.24, 2.45) is 5.73 Å². The summed E-state index contributed by atoms with van der Waals surface area (Å²) < 4.78 is 0. The van der Waals surface area contributed by atoms with E-state index in [2.05, 4.69) is 19.1 Å². The van der Waals surface area contributed by atoms with Gasteiger partial charge in [0.2, 0.25) is 5.91 Å². The molecule has 0 saturated heterocycles.